The molecule has 5 nitrogen and oxygen atoms in total. The van der Waals surface area contributed by atoms with Gasteiger partial charge in [0.25, 0.3) is 5.91 Å². The third-order valence-electron chi connectivity index (χ3n) is 3.46. The summed E-state index contributed by atoms with van der Waals surface area (Å²) in [5.41, 5.74) is 1.80. The Hall–Kier alpha value is -3.12. The zero-order chi connectivity index (χ0) is 18.4. The Labute approximate surface area is 158 Å². The molecule has 0 saturated carbocycles. The molecular formula is C20H15BrN2O3. The van der Waals surface area contributed by atoms with Crippen molar-refractivity contribution in [2.75, 3.05) is 10.6 Å². The van der Waals surface area contributed by atoms with Crippen LogP contribution in [0.15, 0.2) is 81.9 Å². The van der Waals surface area contributed by atoms with Gasteiger partial charge >= 0.3 is 0 Å². The monoisotopic (exact) mass is 410 g/mol. The van der Waals surface area contributed by atoms with Crippen LogP contribution in [0.1, 0.15) is 16.1 Å². The summed E-state index contributed by atoms with van der Waals surface area (Å²) in [4.78, 5) is 24.1. The predicted octanol–water partition coefficient (Wildman–Crippen LogP) is 4.95. The Kier molecular flexibility index (Phi) is 5.66. The minimum absolute atomic E-state index is 0.220. The van der Waals surface area contributed by atoms with E-state index in [1.165, 1.54) is 12.3 Å². The summed E-state index contributed by atoms with van der Waals surface area (Å²) < 4.78 is 6.06. The second kappa shape index (κ2) is 8.31. The van der Waals surface area contributed by atoms with Gasteiger partial charge in [-0.25, -0.2) is 0 Å². The van der Waals surface area contributed by atoms with E-state index < -0.39 is 0 Å². The van der Waals surface area contributed by atoms with Gasteiger partial charge in [-0.2, -0.15) is 0 Å². The maximum absolute atomic E-state index is 12.2. The highest BCUT2D eigenvalue weighted by Gasteiger charge is 2.06. The van der Waals surface area contributed by atoms with Gasteiger partial charge in [0.05, 0.1) is 6.26 Å². The number of furan rings is 1. The number of benzene rings is 2. The van der Waals surface area contributed by atoms with E-state index in [1.807, 2.05) is 24.3 Å². The van der Waals surface area contributed by atoms with E-state index in [4.69, 9.17) is 4.42 Å². The Morgan fingerprint density at radius 1 is 0.885 bits per heavy atom. The molecule has 0 unspecified atom stereocenters. The number of amides is 2. The largest absolute Gasteiger partial charge is 0.465 e. The average Bonchev–Trinajstić information content (AvgIpc) is 3.16. The molecule has 1 heterocycles. The zero-order valence-corrected chi connectivity index (χ0v) is 15.2. The number of carbonyl (C=O) groups is 2. The molecule has 26 heavy (non-hydrogen) atoms. The maximum Gasteiger partial charge on any atom is 0.255 e. The molecule has 0 aliphatic carbocycles. The quantitative estimate of drug-likeness (QED) is 0.584. The van der Waals surface area contributed by atoms with Crippen LogP contribution >= 0.6 is 15.9 Å². The molecule has 0 spiro atoms. The minimum Gasteiger partial charge on any atom is -0.465 e. The van der Waals surface area contributed by atoms with E-state index >= 15 is 0 Å². The molecule has 0 aliphatic heterocycles. The Bertz CT molecular complexity index is 915. The molecule has 0 radical (unpaired) electrons. The lowest BCUT2D eigenvalue weighted by Gasteiger charge is -2.07. The lowest BCUT2D eigenvalue weighted by atomic mass is 10.2. The van der Waals surface area contributed by atoms with E-state index in [2.05, 4.69) is 26.6 Å². The van der Waals surface area contributed by atoms with Gasteiger partial charge in [0.15, 0.2) is 0 Å². The van der Waals surface area contributed by atoms with E-state index in [9.17, 15) is 9.59 Å². The first-order chi connectivity index (χ1) is 12.6. The first-order valence-corrected chi connectivity index (χ1v) is 8.59. The van der Waals surface area contributed by atoms with Crippen LogP contribution < -0.4 is 10.6 Å². The summed E-state index contributed by atoms with van der Waals surface area (Å²) in [7, 11) is 0. The normalized spacial score (nSPS) is 10.7. The molecule has 130 valence electrons. The number of halogens is 1. The van der Waals surface area contributed by atoms with Gasteiger partial charge in [0.2, 0.25) is 5.91 Å². The topological polar surface area (TPSA) is 71.3 Å². The smallest absolute Gasteiger partial charge is 0.255 e. The molecule has 1 aromatic heterocycles. The predicted molar refractivity (Wildman–Crippen MR) is 105 cm³/mol. The highest BCUT2D eigenvalue weighted by atomic mass is 79.9. The number of hydrogen-bond donors (Lipinski definition) is 2. The molecule has 0 bridgehead atoms. The summed E-state index contributed by atoms with van der Waals surface area (Å²) in [5, 5.41) is 5.53. The third kappa shape index (κ3) is 4.94. The minimum atomic E-state index is -0.284. The molecule has 2 amide bonds. The molecule has 0 aliphatic rings. The summed E-state index contributed by atoms with van der Waals surface area (Å²) in [5.74, 6) is 0.0940. The lowest BCUT2D eigenvalue weighted by Crippen LogP contribution is -2.12. The fourth-order valence-electron chi connectivity index (χ4n) is 2.17. The van der Waals surface area contributed by atoms with E-state index in [1.54, 1.807) is 42.5 Å². The molecule has 6 heteroatoms. The summed E-state index contributed by atoms with van der Waals surface area (Å²) in [6.07, 6.45) is 4.50. The van der Waals surface area contributed by atoms with Crippen LogP contribution in [0.25, 0.3) is 6.08 Å². The van der Waals surface area contributed by atoms with E-state index in [0.717, 1.165) is 4.47 Å². The molecule has 0 atom stereocenters. The van der Waals surface area contributed by atoms with Crippen molar-refractivity contribution in [3.63, 3.8) is 0 Å². The van der Waals surface area contributed by atoms with Crippen molar-refractivity contribution < 1.29 is 14.0 Å². The Balaban J connectivity index is 1.58. The van der Waals surface area contributed by atoms with Gasteiger partial charge in [0, 0.05) is 27.5 Å². The fraction of sp³-hybridized carbons (Fsp3) is 0. The zero-order valence-electron chi connectivity index (χ0n) is 13.6. The van der Waals surface area contributed by atoms with Gasteiger partial charge in [-0.3, -0.25) is 9.59 Å². The number of anilines is 2. The van der Waals surface area contributed by atoms with Crippen LogP contribution in [0.4, 0.5) is 11.4 Å². The van der Waals surface area contributed by atoms with E-state index in [-0.39, 0.29) is 11.8 Å². The van der Waals surface area contributed by atoms with Crippen LogP contribution in [0.5, 0.6) is 0 Å². The van der Waals surface area contributed by atoms with Crippen molar-refractivity contribution in [2.24, 2.45) is 0 Å². The first kappa shape index (κ1) is 17.7. The Morgan fingerprint density at radius 2 is 1.54 bits per heavy atom. The van der Waals surface area contributed by atoms with Crippen molar-refractivity contribution >= 4 is 45.2 Å². The van der Waals surface area contributed by atoms with Gasteiger partial charge in [0.1, 0.15) is 5.76 Å². The molecule has 0 fully saturated rings. The highest BCUT2D eigenvalue weighted by molar-refractivity contribution is 9.10. The standard InChI is InChI=1S/C20H15BrN2O3/c21-15-5-9-17(10-6-15)23-20(25)14-3-7-16(8-4-14)22-19(24)12-11-18-2-1-13-26-18/h1-13H,(H,22,24)(H,23,25). The van der Waals surface area contributed by atoms with Crippen molar-refractivity contribution in [1.82, 2.24) is 0 Å². The number of hydrogen-bond acceptors (Lipinski definition) is 3. The van der Waals surface area contributed by atoms with Crippen molar-refractivity contribution in [3.05, 3.63) is 88.8 Å². The highest BCUT2D eigenvalue weighted by Crippen LogP contribution is 2.16. The maximum atomic E-state index is 12.2. The van der Waals surface area contributed by atoms with Crippen LogP contribution in [-0.4, -0.2) is 11.8 Å². The summed E-state index contributed by atoms with van der Waals surface area (Å²) >= 11 is 3.35. The molecule has 3 aromatic rings. The van der Waals surface area contributed by atoms with Crippen LogP contribution in [0, 0.1) is 0 Å². The van der Waals surface area contributed by atoms with Crippen LogP contribution in [0.3, 0.4) is 0 Å². The van der Waals surface area contributed by atoms with Gasteiger partial charge in [-0.05, 0) is 66.7 Å². The average molecular weight is 411 g/mol. The second-order valence-electron chi connectivity index (χ2n) is 5.38. The molecule has 3 rings (SSSR count). The fourth-order valence-corrected chi connectivity index (χ4v) is 2.43. The first-order valence-electron chi connectivity index (χ1n) is 7.80. The van der Waals surface area contributed by atoms with Gasteiger partial charge in [-0.1, -0.05) is 15.9 Å². The number of carbonyl (C=O) groups excluding carboxylic acids is 2. The molecule has 2 aromatic carbocycles. The number of nitrogens with one attached hydrogen (secondary N) is 2. The second-order valence-corrected chi connectivity index (χ2v) is 6.29. The summed E-state index contributed by atoms with van der Waals surface area (Å²) in [6, 6.07) is 17.5. The molecular weight excluding hydrogens is 396 g/mol. The summed E-state index contributed by atoms with van der Waals surface area (Å²) in [6.45, 7) is 0. The SMILES string of the molecule is O=C(C=Cc1ccco1)Nc1ccc(C(=O)Nc2ccc(Br)cc2)cc1. The van der Waals surface area contributed by atoms with Gasteiger partial charge < -0.3 is 15.1 Å². The van der Waals surface area contributed by atoms with Crippen LogP contribution in [0.2, 0.25) is 0 Å². The van der Waals surface area contributed by atoms with Crippen LogP contribution in [-0.2, 0) is 4.79 Å². The number of rotatable bonds is 5. The van der Waals surface area contributed by atoms with E-state index in [0.29, 0.717) is 22.7 Å². The molecule has 2 N–H and O–H groups in total. The molecule has 0 saturated heterocycles. The van der Waals surface area contributed by atoms with Gasteiger partial charge in [-0.15, -0.1) is 0 Å². The van der Waals surface area contributed by atoms with Crippen molar-refractivity contribution in [2.45, 2.75) is 0 Å². The third-order valence-corrected chi connectivity index (χ3v) is 3.99. The van der Waals surface area contributed by atoms with Crippen molar-refractivity contribution in [3.8, 4) is 0 Å². The Morgan fingerprint density at radius 3 is 2.19 bits per heavy atom. The van der Waals surface area contributed by atoms with Crippen molar-refractivity contribution in [1.29, 1.82) is 0 Å². The lowest BCUT2D eigenvalue weighted by molar-refractivity contribution is -0.111.